The van der Waals surface area contributed by atoms with Crippen molar-refractivity contribution in [1.82, 2.24) is 25.1 Å². The molecule has 1 saturated heterocycles. The van der Waals surface area contributed by atoms with Gasteiger partial charge in [-0.05, 0) is 51.2 Å². The molecule has 1 fully saturated rings. The lowest BCUT2D eigenvalue weighted by molar-refractivity contribution is 0.0783. The van der Waals surface area contributed by atoms with Gasteiger partial charge >= 0.3 is 0 Å². The Morgan fingerprint density at radius 2 is 2.21 bits per heavy atom. The Morgan fingerprint density at radius 1 is 1.31 bits per heavy atom. The van der Waals surface area contributed by atoms with Crippen molar-refractivity contribution < 1.29 is 4.79 Å². The van der Waals surface area contributed by atoms with Gasteiger partial charge in [0.15, 0.2) is 10.8 Å². The number of carbonyl (C=O) groups is 1. The molecule has 0 aromatic carbocycles. The zero-order chi connectivity index (χ0) is 19.8. The fourth-order valence-electron chi connectivity index (χ4n) is 4.38. The van der Waals surface area contributed by atoms with E-state index in [4.69, 9.17) is 4.98 Å². The molecule has 7 nitrogen and oxygen atoms in total. The highest BCUT2D eigenvalue weighted by molar-refractivity contribution is 7.13. The molecule has 2 N–H and O–H groups in total. The first-order valence-corrected chi connectivity index (χ1v) is 11.1. The standard InChI is InChI=1S/C21H24N6OS/c1-13-10-15(24-21-22-7-9-29-21)11-18(23-13)14-6-8-27(12-14)20(28)19-16-4-2-3-5-17(16)25-26-19/h7,9-11,14H,2-6,8,12H2,1H3,(H,25,26)(H,22,23,24). The third-order valence-corrected chi connectivity index (χ3v) is 6.50. The third-order valence-electron chi connectivity index (χ3n) is 5.81. The monoisotopic (exact) mass is 408 g/mol. The molecule has 3 aromatic rings. The first-order chi connectivity index (χ1) is 14.2. The maximum absolute atomic E-state index is 13.1. The molecule has 5 rings (SSSR count). The Labute approximate surface area is 173 Å². The van der Waals surface area contributed by atoms with E-state index in [1.165, 1.54) is 6.42 Å². The fourth-order valence-corrected chi connectivity index (χ4v) is 4.93. The van der Waals surface area contributed by atoms with Crippen molar-refractivity contribution in [2.45, 2.75) is 44.9 Å². The molecule has 8 heteroatoms. The summed E-state index contributed by atoms with van der Waals surface area (Å²) in [4.78, 5) is 24.1. The number of rotatable bonds is 4. The maximum atomic E-state index is 13.1. The van der Waals surface area contributed by atoms with Crippen LogP contribution >= 0.6 is 11.3 Å². The Kier molecular flexibility index (Phi) is 4.79. The minimum Gasteiger partial charge on any atom is -0.337 e. The SMILES string of the molecule is Cc1cc(Nc2nccs2)cc(C2CCN(C(=O)c3n[nH]c4c3CCCC4)C2)n1. The summed E-state index contributed by atoms with van der Waals surface area (Å²) < 4.78 is 0. The summed E-state index contributed by atoms with van der Waals surface area (Å²) in [5, 5.41) is 13.6. The zero-order valence-electron chi connectivity index (χ0n) is 16.4. The molecular formula is C21H24N6OS. The number of thiazole rings is 1. The minimum atomic E-state index is 0.0562. The number of aromatic amines is 1. The largest absolute Gasteiger partial charge is 0.337 e. The van der Waals surface area contributed by atoms with E-state index < -0.39 is 0 Å². The number of hydrogen-bond donors (Lipinski definition) is 2. The van der Waals surface area contributed by atoms with Crippen LogP contribution in [0.1, 0.15) is 58.3 Å². The van der Waals surface area contributed by atoms with E-state index in [1.54, 1.807) is 17.5 Å². The van der Waals surface area contributed by atoms with Crippen LogP contribution in [0.3, 0.4) is 0 Å². The molecule has 1 aliphatic heterocycles. The van der Waals surface area contributed by atoms with Gasteiger partial charge in [-0.25, -0.2) is 4.98 Å². The van der Waals surface area contributed by atoms with Crippen LogP contribution in [0.4, 0.5) is 10.8 Å². The fraction of sp³-hybridized carbons (Fsp3) is 0.429. The van der Waals surface area contributed by atoms with E-state index in [9.17, 15) is 4.79 Å². The van der Waals surface area contributed by atoms with Crippen LogP contribution in [-0.4, -0.2) is 44.1 Å². The second kappa shape index (κ2) is 7.59. The minimum absolute atomic E-state index is 0.0562. The first kappa shape index (κ1) is 18.3. The lowest BCUT2D eigenvalue weighted by Crippen LogP contribution is -2.29. The van der Waals surface area contributed by atoms with Gasteiger partial charge in [-0.3, -0.25) is 14.9 Å². The van der Waals surface area contributed by atoms with Crippen molar-refractivity contribution in [2.24, 2.45) is 0 Å². The van der Waals surface area contributed by atoms with Crippen molar-refractivity contribution in [3.05, 3.63) is 52.0 Å². The van der Waals surface area contributed by atoms with Gasteiger partial charge in [0.2, 0.25) is 0 Å². The van der Waals surface area contributed by atoms with Gasteiger partial charge in [0.25, 0.3) is 5.91 Å². The lowest BCUT2D eigenvalue weighted by atomic mass is 9.95. The van der Waals surface area contributed by atoms with Crippen molar-refractivity contribution in [1.29, 1.82) is 0 Å². The average molecular weight is 409 g/mol. The van der Waals surface area contributed by atoms with Crippen LogP contribution in [0.15, 0.2) is 23.7 Å². The lowest BCUT2D eigenvalue weighted by Gasteiger charge is -2.18. The van der Waals surface area contributed by atoms with Crippen LogP contribution in [0.25, 0.3) is 0 Å². The average Bonchev–Trinajstić information content (AvgIpc) is 3.47. The highest BCUT2D eigenvalue weighted by Gasteiger charge is 2.32. The van der Waals surface area contributed by atoms with E-state index in [1.807, 2.05) is 23.3 Å². The van der Waals surface area contributed by atoms with Gasteiger partial charge in [0, 0.05) is 58.9 Å². The Morgan fingerprint density at radius 3 is 3.07 bits per heavy atom. The summed E-state index contributed by atoms with van der Waals surface area (Å²) in [5.41, 5.74) is 5.90. The van der Waals surface area contributed by atoms with Gasteiger partial charge < -0.3 is 10.2 Å². The molecule has 0 spiro atoms. The summed E-state index contributed by atoms with van der Waals surface area (Å²) in [6, 6.07) is 4.11. The third kappa shape index (κ3) is 3.64. The second-order valence-corrected chi connectivity index (χ2v) is 8.75. The van der Waals surface area contributed by atoms with Crippen molar-refractivity contribution in [2.75, 3.05) is 18.4 Å². The topological polar surface area (TPSA) is 86.8 Å². The molecule has 1 aliphatic carbocycles. The molecule has 0 bridgehead atoms. The predicted octanol–water partition coefficient (Wildman–Crippen LogP) is 3.82. The van der Waals surface area contributed by atoms with Gasteiger partial charge in [-0.15, -0.1) is 11.3 Å². The van der Waals surface area contributed by atoms with Gasteiger partial charge in [0.1, 0.15) is 0 Å². The van der Waals surface area contributed by atoms with E-state index in [2.05, 4.69) is 26.6 Å². The Bertz CT molecular complexity index is 1030. The van der Waals surface area contributed by atoms with Crippen LogP contribution < -0.4 is 5.32 Å². The number of aryl methyl sites for hydroxylation is 2. The molecule has 1 atom stereocenters. The van der Waals surface area contributed by atoms with Gasteiger partial charge in [0.05, 0.1) is 0 Å². The van der Waals surface area contributed by atoms with E-state index in [0.29, 0.717) is 12.2 Å². The summed E-state index contributed by atoms with van der Waals surface area (Å²) in [6.07, 6.45) is 6.97. The summed E-state index contributed by atoms with van der Waals surface area (Å²) >= 11 is 1.57. The van der Waals surface area contributed by atoms with Crippen LogP contribution in [-0.2, 0) is 12.8 Å². The predicted molar refractivity (Wildman–Crippen MR) is 113 cm³/mol. The van der Waals surface area contributed by atoms with Crippen molar-refractivity contribution >= 4 is 28.1 Å². The van der Waals surface area contributed by atoms with Gasteiger partial charge in [-0.1, -0.05) is 0 Å². The number of likely N-dealkylation sites (tertiary alicyclic amines) is 1. The number of nitrogens with one attached hydrogen (secondary N) is 2. The molecule has 1 unspecified atom stereocenters. The Hall–Kier alpha value is -2.74. The molecule has 4 heterocycles. The maximum Gasteiger partial charge on any atom is 0.274 e. The first-order valence-electron chi connectivity index (χ1n) is 10.2. The number of anilines is 2. The van der Waals surface area contributed by atoms with Crippen LogP contribution in [0.2, 0.25) is 0 Å². The Balaban J connectivity index is 1.32. The summed E-state index contributed by atoms with van der Waals surface area (Å²) in [5.74, 6) is 0.297. The van der Waals surface area contributed by atoms with E-state index >= 15 is 0 Å². The number of nitrogens with zero attached hydrogens (tertiary/aromatic N) is 4. The molecular weight excluding hydrogens is 384 g/mol. The molecule has 150 valence electrons. The highest BCUT2D eigenvalue weighted by atomic mass is 32.1. The number of amides is 1. The summed E-state index contributed by atoms with van der Waals surface area (Å²) in [7, 11) is 0. The van der Waals surface area contributed by atoms with Gasteiger partial charge in [-0.2, -0.15) is 5.10 Å². The second-order valence-electron chi connectivity index (χ2n) is 7.86. The van der Waals surface area contributed by atoms with Crippen molar-refractivity contribution in [3.63, 3.8) is 0 Å². The number of fused-ring (bicyclic) bond motifs is 1. The number of aromatic nitrogens is 4. The molecule has 2 aliphatic rings. The number of pyridine rings is 1. The molecule has 29 heavy (non-hydrogen) atoms. The zero-order valence-corrected chi connectivity index (χ0v) is 17.3. The quantitative estimate of drug-likeness (QED) is 0.685. The van der Waals surface area contributed by atoms with E-state index in [-0.39, 0.29) is 11.8 Å². The molecule has 3 aromatic heterocycles. The smallest absolute Gasteiger partial charge is 0.274 e. The van der Waals surface area contributed by atoms with Crippen molar-refractivity contribution in [3.8, 4) is 0 Å². The molecule has 0 saturated carbocycles. The van der Waals surface area contributed by atoms with Crippen LogP contribution in [0, 0.1) is 6.92 Å². The highest BCUT2D eigenvalue weighted by Crippen LogP contribution is 2.31. The normalized spacial score (nSPS) is 18.7. The summed E-state index contributed by atoms with van der Waals surface area (Å²) in [6.45, 7) is 3.44. The number of hydrogen-bond acceptors (Lipinski definition) is 6. The number of H-pyrrole nitrogens is 1. The number of carbonyl (C=O) groups excluding carboxylic acids is 1. The molecule has 0 radical (unpaired) electrons. The van der Waals surface area contributed by atoms with Crippen LogP contribution in [0.5, 0.6) is 0 Å². The molecule has 1 amide bonds. The van der Waals surface area contributed by atoms with E-state index in [0.717, 1.165) is 65.7 Å².